The molecule has 0 spiro atoms. The lowest BCUT2D eigenvalue weighted by atomic mass is 9.94. The summed E-state index contributed by atoms with van der Waals surface area (Å²) in [5.74, 6) is 1.81. The summed E-state index contributed by atoms with van der Waals surface area (Å²) in [5.41, 5.74) is 10.5. The predicted octanol–water partition coefficient (Wildman–Crippen LogP) is 13.2. The highest BCUT2D eigenvalue weighted by atomic mass is 16.3. The first-order valence-corrected chi connectivity index (χ1v) is 18.0. The number of hydrogen-bond acceptors (Lipinski definition) is 5. The molecule has 0 saturated carbocycles. The molecular weight excluding hydrogens is 663 g/mol. The molecular formula is C49H29N3O2. The van der Waals surface area contributed by atoms with Crippen molar-refractivity contribution in [2.45, 2.75) is 0 Å². The fourth-order valence-electron chi connectivity index (χ4n) is 7.75. The molecule has 0 bridgehead atoms. The van der Waals surface area contributed by atoms with Crippen LogP contribution in [0, 0.1) is 0 Å². The SMILES string of the molecule is c1ccc(-c2ccc(-c3nc(-c4ccccc4)nc(-c4cccc5oc6cc(-c7cc8ccccc8c8oc9ccccc9c78)ccc6c45)n3)cc2)cc1. The Labute approximate surface area is 309 Å². The van der Waals surface area contributed by atoms with Gasteiger partial charge >= 0.3 is 0 Å². The molecule has 54 heavy (non-hydrogen) atoms. The van der Waals surface area contributed by atoms with Gasteiger partial charge in [0.2, 0.25) is 0 Å². The first-order valence-electron chi connectivity index (χ1n) is 18.0. The third kappa shape index (κ3) is 4.90. The van der Waals surface area contributed by atoms with Gasteiger partial charge in [0.1, 0.15) is 22.3 Å². The van der Waals surface area contributed by atoms with E-state index in [2.05, 4.69) is 115 Å². The molecule has 0 aliphatic rings. The Kier molecular flexibility index (Phi) is 6.79. The Morgan fingerprint density at radius 3 is 1.69 bits per heavy atom. The summed E-state index contributed by atoms with van der Waals surface area (Å²) in [6.07, 6.45) is 0. The molecule has 0 aliphatic heterocycles. The van der Waals surface area contributed by atoms with Crippen LogP contribution in [0.5, 0.6) is 0 Å². The smallest absolute Gasteiger partial charge is 0.164 e. The first kappa shape index (κ1) is 30.3. The topological polar surface area (TPSA) is 65.0 Å². The van der Waals surface area contributed by atoms with Gasteiger partial charge in [-0.15, -0.1) is 0 Å². The van der Waals surface area contributed by atoms with E-state index in [1.165, 1.54) is 0 Å². The minimum Gasteiger partial charge on any atom is -0.456 e. The summed E-state index contributed by atoms with van der Waals surface area (Å²) in [6.45, 7) is 0. The third-order valence-electron chi connectivity index (χ3n) is 10.3. The van der Waals surface area contributed by atoms with Crippen LogP contribution in [-0.4, -0.2) is 15.0 Å². The highest BCUT2D eigenvalue weighted by molar-refractivity contribution is 6.22. The van der Waals surface area contributed by atoms with E-state index < -0.39 is 0 Å². The Balaban J connectivity index is 1.08. The van der Waals surface area contributed by atoms with Gasteiger partial charge in [0.25, 0.3) is 0 Å². The molecule has 11 aromatic rings. The normalized spacial score (nSPS) is 11.7. The Morgan fingerprint density at radius 1 is 0.315 bits per heavy atom. The molecule has 11 rings (SSSR count). The van der Waals surface area contributed by atoms with E-state index in [0.29, 0.717) is 17.5 Å². The van der Waals surface area contributed by atoms with Crippen molar-refractivity contribution in [2.75, 3.05) is 0 Å². The summed E-state index contributed by atoms with van der Waals surface area (Å²) in [6, 6.07) is 60.3. The first-order chi connectivity index (χ1) is 26.7. The number of hydrogen-bond donors (Lipinski definition) is 0. The van der Waals surface area contributed by atoms with E-state index in [1.807, 2.05) is 60.7 Å². The number of benzene rings is 8. The summed E-state index contributed by atoms with van der Waals surface area (Å²) in [5, 5.41) is 6.38. The van der Waals surface area contributed by atoms with Crippen molar-refractivity contribution >= 4 is 54.6 Å². The molecule has 5 nitrogen and oxygen atoms in total. The molecule has 0 saturated heterocycles. The summed E-state index contributed by atoms with van der Waals surface area (Å²) in [7, 11) is 0. The largest absolute Gasteiger partial charge is 0.456 e. The van der Waals surface area contributed by atoms with Gasteiger partial charge in [-0.25, -0.2) is 15.0 Å². The monoisotopic (exact) mass is 691 g/mol. The predicted molar refractivity (Wildman–Crippen MR) is 219 cm³/mol. The molecule has 0 fully saturated rings. The van der Waals surface area contributed by atoms with Crippen molar-refractivity contribution in [3.63, 3.8) is 0 Å². The molecule has 0 radical (unpaired) electrons. The minimum atomic E-state index is 0.587. The summed E-state index contributed by atoms with van der Waals surface area (Å²) < 4.78 is 13.1. The van der Waals surface area contributed by atoms with Gasteiger partial charge in [-0.1, -0.05) is 146 Å². The zero-order chi connectivity index (χ0) is 35.6. The Bertz CT molecular complexity index is 3200. The van der Waals surface area contributed by atoms with Gasteiger partial charge < -0.3 is 8.83 Å². The quantitative estimate of drug-likeness (QED) is 0.180. The molecule has 3 aromatic heterocycles. The average molecular weight is 692 g/mol. The fourth-order valence-corrected chi connectivity index (χ4v) is 7.75. The van der Waals surface area contributed by atoms with Crippen LogP contribution >= 0.6 is 0 Å². The highest BCUT2D eigenvalue weighted by Gasteiger charge is 2.20. The molecule has 3 heterocycles. The molecule has 0 amide bonds. The van der Waals surface area contributed by atoms with Crippen LogP contribution in [-0.2, 0) is 0 Å². The Morgan fingerprint density at radius 2 is 0.889 bits per heavy atom. The minimum absolute atomic E-state index is 0.587. The standard InChI is InChI=1S/C49H29N3O2/c1-3-12-30(13-4-1)31-22-24-33(25-23-31)48-50-47(32-14-5-2-6-15-32)51-49(52-48)39-19-11-21-42-44(39)38-27-26-35(29-43(38)53-42)40-28-34-16-7-8-17-36(34)46-45(40)37-18-9-10-20-41(37)54-46/h1-29H. The van der Waals surface area contributed by atoms with Crippen LogP contribution in [0.15, 0.2) is 185 Å². The van der Waals surface area contributed by atoms with Crippen molar-refractivity contribution < 1.29 is 8.83 Å². The molecule has 8 aromatic carbocycles. The fraction of sp³-hybridized carbons (Fsp3) is 0. The maximum Gasteiger partial charge on any atom is 0.164 e. The van der Waals surface area contributed by atoms with Gasteiger partial charge in [0.15, 0.2) is 17.5 Å². The number of para-hydroxylation sites is 1. The molecule has 252 valence electrons. The van der Waals surface area contributed by atoms with Crippen molar-refractivity contribution in [3.05, 3.63) is 176 Å². The van der Waals surface area contributed by atoms with Crippen molar-refractivity contribution in [1.29, 1.82) is 0 Å². The van der Waals surface area contributed by atoms with Gasteiger partial charge in [-0.05, 0) is 58.0 Å². The van der Waals surface area contributed by atoms with E-state index >= 15 is 0 Å². The van der Waals surface area contributed by atoms with Crippen LogP contribution < -0.4 is 0 Å². The second-order valence-corrected chi connectivity index (χ2v) is 13.6. The van der Waals surface area contributed by atoms with Crippen LogP contribution in [0.1, 0.15) is 0 Å². The van der Waals surface area contributed by atoms with Crippen molar-refractivity contribution in [2.24, 2.45) is 0 Å². The summed E-state index contributed by atoms with van der Waals surface area (Å²) >= 11 is 0. The average Bonchev–Trinajstić information content (AvgIpc) is 3.83. The number of fused-ring (bicyclic) bond motifs is 8. The summed E-state index contributed by atoms with van der Waals surface area (Å²) in [4.78, 5) is 15.2. The number of aromatic nitrogens is 3. The highest BCUT2D eigenvalue weighted by Crippen LogP contribution is 2.43. The van der Waals surface area contributed by atoms with Crippen LogP contribution in [0.3, 0.4) is 0 Å². The van der Waals surface area contributed by atoms with E-state index in [1.54, 1.807) is 0 Å². The zero-order valence-corrected chi connectivity index (χ0v) is 28.9. The Hall–Kier alpha value is -7.37. The molecule has 0 N–H and O–H groups in total. The van der Waals surface area contributed by atoms with Crippen LogP contribution in [0.25, 0.3) is 111 Å². The van der Waals surface area contributed by atoms with Crippen molar-refractivity contribution in [1.82, 2.24) is 15.0 Å². The van der Waals surface area contributed by atoms with Crippen LogP contribution in [0.4, 0.5) is 0 Å². The van der Waals surface area contributed by atoms with E-state index in [4.69, 9.17) is 23.8 Å². The lowest BCUT2D eigenvalue weighted by Gasteiger charge is -2.10. The maximum absolute atomic E-state index is 6.64. The molecule has 0 unspecified atom stereocenters. The van der Waals surface area contributed by atoms with Gasteiger partial charge in [0, 0.05) is 43.6 Å². The van der Waals surface area contributed by atoms with E-state index in [-0.39, 0.29) is 0 Å². The van der Waals surface area contributed by atoms with Crippen molar-refractivity contribution in [3.8, 4) is 56.4 Å². The van der Waals surface area contributed by atoms with Gasteiger partial charge in [-0.2, -0.15) is 0 Å². The van der Waals surface area contributed by atoms with Gasteiger partial charge in [-0.3, -0.25) is 0 Å². The van der Waals surface area contributed by atoms with E-state index in [9.17, 15) is 0 Å². The third-order valence-corrected chi connectivity index (χ3v) is 10.3. The number of rotatable bonds is 5. The second-order valence-electron chi connectivity index (χ2n) is 13.6. The van der Waals surface area contributed by atoms with E-state index in [0.717, 1.165) is 93.6 Å². The number of nitrogens with zero attached hydrogens (tertiary/aromatic N) is 3. The second kappa shape index (κ2) is 12.1. The molecule has 0 atom stereocenters. The number of furan rings is 2. The molecule has 5 heteroatoms. The zero-order valence-electron chi connectivity index (χ0n) is 28.9. The molecule has 0 aliphatic carbocycles. The lowest BCUT2D eigenvalue weighted by Crippen LogP contribution is -2.00. The van der Waals surface area contributed by atoms with Crippen LogP contribution in [0.2, 0.25) is 0 Å². The lowest BCUT2D eigenvalue weighted by molar-refractivity contribution is 0.669. The van der Waals surface area contributed by atoms with Gasteiger partial charge in [0.05, 0.1) is 0 Å². The maximum atomic E-state index is 6.64.